The number of urea groups is 1. The van der Waals surface area contributed by atoms with Crippen LogP contribution >= 0.6 is 11.3 Å². The van der Waals surface area contributed by atoms with Gasteiger partial charge in [0.05, 0.1) is 0 Å². The van der Waals surface area contributed by atoms with Crippen molar-refractivity contribution < 1.29 is 9.59 Å². The van der Waals surface area contributed by atoms with Crippen LogP contribution in [0.2, 0.25) is 0 Å². The van der Waals surface area contributed by atoms with Gasteiger partial charge in [-0.25, -0.2) is 4.79 Å². The summed E-state index contributed by atoms with van der Waals surface area (Å²) < 4.78 is 0. The van der Waals surface area contributed by atoms with Gasteiger partial charge >= 0.3 is 6.03 Å². The second-order valence-electron chi connectivity index (χ2n) is 5.55. The fraction of sp³-hybridized carbons (Fsp3) is 0.600. The average molecular weight is 324 g/mol. The molecule has 122 valence electrons. The molecule has 0 aliphatic carbocycles. The van der Waals surface area contributed by atoms with Gasteiger partial charge in [-0.3, -0.25) is 9.69 Å². The van der Waals surface area contributed by atoms with E-state index >= 15 is 0 Å². The molecule has 2 rings (SSSR count). The second kappa shape index (κ2) is 7.60. The first-order chi connectivity index (χ1) is 10.5. The minimum atomic E-state index is -0.663. The van der Waals surface area contributed by atoms with E-state index in [2.05, 4.69) is 29.3 Å². The van der Waals surface area contributed by atoms with E-state index in [0.717, 1.165) is 26.1 Å². The number of carbonyl (C=O) groups excluding carboxylic acids is 2. The van der Waals surface area contributed by atoms with Crippen LogP contribution in [-0.2, 0) is 17.8 Å². The maximum atomic E-state index is 12.2. The number of primary amides is 1. The number of carbonyl (C=O) groups is 2. The number of hydrogen-bond acceptors (Lipinski definition) is 4. The first kappa shape index (κ1) is 16.8. The molecule has 3 amide bonds. The Morgan fingerprint density at radius 1 is 1.27 bits per heavy atom. The van der Waals surface area contributed by atoms with E-state index in [9.17, 15) is 9.59 Å². The second-order valence-corrected chi connectivity index (χ2v) is 6.81. The van der Waals surface area contributed by atoms with Crippen LogP contribution in [0.25, 0.3) is 0 Å². The molecule has 22 heavy (non-hydrogen) atoms. The van der Waals surface area contributed by atoms with Gasteiger partial charge in [0.15, 0.2) is 0 Å². The molecule has 0 saturated carbocycles. The monoisotopic (exact) mass is 324 g/mol. The summed E-state index contributed by atoms with van der Waals surface area (Å²) in [4.78, 5) is 29.9. The molecule has 0 aromatic carbocycles. The number of thiophene rings is 1. The number of rotatable bonds is 5. The molecule has 1 unspecified atom stereocenters. The van der Waals surface area contributed by atoms with Gasteiger partial charge in [-0.1, -0.05) is 6.92 Å². The van der Waals surface area contributed by atoms with Crippen molar-refractivity contribution in [1.82, 2.24) is 15.1 Å². The summed E-state index contributed by atoms with van der Waals surface area (Å²) in [6.07, 6.45) is 1.08. The molecule has 1 aliphatic rings. The Morgan fingerprint density at radius 3 is 2.45 bits per heavy atom. The minimum absolute atomic E-state index is 0.0668. The van der Waals surface area contributed by atoms with Crippen LogP contribution in [-0.4, -0.2) is 54.0 Å². The Labute approximate surface area is 135 Å². The first-order valence-electron chi connectivity index (χ1n) is 7.64. The molecule has 1 aromatic heterocycles. The fourth-order valence-corrected chi connectivity index (χ4v) is 3.59. The zero-order chi connectivity index (χ0) is 16.1. The van der Waals surface area contributed by atoms with Crippen molar-refractivity contribution in [2.24, 2.45) is 5.73 Å². The quantitative estimate of drug-likeness (QED) is 0.848. The Morgan fingerprint density at radius 2 is 1.91 bits per heavy atom. The van der Waals surface area contributed by atoms with Crippen molar-refractivity contribution in [2.75, 3.05) is 26.2 Å². The van der Waals surface area contributed by atoms with Crippen LogP contribution in [0.15, 0.2) is 12.1 Å². The molecule has 3 N–H and O–H groups in total. The van der Waals surface area contributed by atoms with Gasteiger partial charge in [0, 0.05) is 42.5 Å². The minimum Gasteiger partial charge on any atom is -0.352 e. The number of aryl methyl sites for hydroxylation is 1. The Hall–Kier alpha value is -1.60. The van der Waals surface area contributed by atoms with Crippen molar-refractivity contribution in [3.63, 3.8) is 0 Å². The van der Waals surface area contributed by atoms with Gasteiger partial charge in [0.2, 0.25) is 5.91 Å². The molecular weight excluding hydrogens is 300 g/mol. The highest BCUT2D eigenvalue weighted by Gasteiger charge is 2.25. The summed E-state index contributed by atoms with van der Waals surface area (Å²) in [7, 11) is 0. The lowest BCUT2D eigenvalue weighted by Gasteiger charge is -2.35. The van der Waals surface area contributed by atoms with Crippen molar-refractivity contribution >= 4 is 23.3 Å². The first-order valence-corrected chi connectivity index (χ1v) is 8.46. The summed E-state index contributed by atoms with van der Waals surface area (Å²) in [6.45, 7) is 7.87. The molecule has 2 heterocycles. The predicted molar refractivity (Wildman–Crippen MR) is 87.7 cm³/mol. The maximum absolute atomic E-state index is 12.2. The van der Waals surface area contributed by atoms with Crippen LogP contribution in [0.5, 0.6) is 0 Å². The van der Waals surface area contributed by atoms with Gasteiger partial charge in [-0.05, 0) is 25.5 Å². The van der Waals surface area contributed by atoms with Crippen LogP contribution in [0.4, 0.5) is 4.79 Å². The van der Waals surface area contributed by atoms with Crippen molar-refractivity contribution in [3.8, 4) is 0 Å². The molecule has 1 aromatic rings. The lowest BCUT2D eigenvalue weighted by molar-refractivity contribution is -0.134. The van der Waals surface area contributed by atoms with Gasteiger partial charge in [0.25, 0.3) is 0 Å². The van der Waals surface area contributed by atoms with E-state index in [1.807, 2.05) is 11.3 Å². The molecule has 1 saturated heterocycles. The Bertz CT molecular complexity index is 523. The standard InChI is InChI=1S/C15H24N4O2S/c1-3-12-4-5-13(22-12)10-18-6-8-19(9-7-18)14(20)11(2)17-15(16)21/h4-5,11H,3,6-10H2,1-2H3,(H3,16,17,21). The number of nitrogens with one attached hydrogen (secondary N) is 1. The lowest BCUT2D eigenvalue weighted by Crippen LogP contribution is -2.54. The third kappa shape index (κ3) is 4.45. The highest BCUT2D eigenvalue weighted by atomic mass is 32.1. The summed E-state index contributed by atoms with van der Waals surface area (Å²) in [5.41, 5.74) is 5.05. The number of nitrogens with two attached hydrogens (primary N) is 1. The van der Waals surface area contributed by atoms with Crippen molar-refractivity contribution in [1.29, 1.82) is 0 Å². The highest BCUT2D eigenvalue weighted by Crippen LogP contribution is 2.19. The summed E-state index contributed by atoms with van der Waals surface area (Å²) in [5.74, 6) is -0.0668. The fourth-order valence-electron chi connectivity index (χ4n) is 2.59. The van der Waals surface area contributed by atoms with Crippen LogP contribution in [0, 0.1) is 0 Å². The molecule has 0 bridgehead atoms. The smallest absolute Gasteiger partial charge is 0.312 e. The van der Waals surface area contributed by atoms with Crippen LogP contribution in [0.1, 0.15) is 23.6 Å². The SMILES string of the molecule is CCc1ccc(CN2CCN(C(=O)C(C)NC(N)=O)CC2)s1. The molecule has 1 fully saturated rings. The van der Waals surface area contributed by atoms with E-state index in [-0.39, 0.29) is 5.91 Å². The summed E-state index contributed by atoms with van der Waals surface area (Å²) in [5, 5.41) is 2.44. The number of nitrogens with zero attached hydrogens (tertiary/aromatic N) is 2. The zero-order valence-electron chi connectivity index (χ0n) is 13.2. The van der Waals surface area contributed by atoms with Gasteiger partial charge in [-0.2, -0.15) is 0 Å². The van der Waals surface area contributed by atoms with Crippen molar-refractivity contribution in [3.05, 3.63) is 21.9 Å². The predicted octanol–water partition coefficient (Wildman–Crippen LogP) is 1.01. The largest absolute Gasteiger partial charge is 0.352 e. The highest BCUT2D eigenvalue weighted by molar-refractivity contribution is 7.11. The molecule has 1 atom stereocenters. The Kier molecular flexibility index (Phi) is 5.79. The van der Waals surface area contributed by atoms with Gasteiger partial charge < -0.3 is 16.0 Å². The summed E-state index contributed by atoms with van der Waals surface area (Å²) in [6, 6.07) is 3.16. The number of piperazine rings is 1. The van der Waals surface area contributed by atoms with E-state index in [0.29, 0.717) is 13.1 Å². The molecule has 6 nitrogen and oxygen atoms in total. The lowest BCUT2D eigenvalue weighted by atomic mass is 10.2. The maximum Gasteiger partial charge on any atom is 0.312 e. The molecular formula is C15H24N4O2S. The Balaban J connectivity index is 1.80. The normalized spacial score (nSPS) is 17.3. The van der Waals surface area contributed by atoms with Crippen LogP contribution < -0.4 is 11.1 Å². The van der Waals surface area contributed by atoms with E-state index in [4.69, 9.17) is 5.73 Å². The number of amides is 3. The van der Waals surface area contributed by atoms with E-state index in [1.165, 1.54) is 9.75 Å². The van der Waals surface area contributed by atoms with Gasteiger partial charge in [-0.15, -0.1) is 11.3 Å². The topological polar surface area (TPSA) is 78.7 Å². The average Bonchev–Trinajstić information content (AvgIpc) is 2.94. The van der Waals surface area contributed by atoms with E-state index in [1.54, 1.807) is 11.8 Å². The molecule has 7 heteroatoms. The van der Waals surface area contributed by atoms with Crippen LogP contribution in [0.3, 0.4) is 0 Å². The number of hydrogen-bond donors (Lipinski definition) is 2. The summed E-state index contributed by atoms with van der Waals surface area (Å²) >= 11 is 1.86. The molecule has 1 aliphatic heterocycles. The molecule has 0 spiro atoms. The van der Waals surface area contributed by atoms with Gasteiger partial charge in [0.1, 0.15) is 6.04 Å². The zero-order valence-corrected chi connectivity index (χ0v) is 14.0. The third-order valence-corrected chi connectivity index (χ3v) is 5.07. The third-order valence-electron chi connectivity index (χ3n) is 3.86. The molecule has 0 radical (unpaired) electrons. The van der Waals surface area contributed by atoms with E-state index < -0.39 is 12.1 Å². The van der Waals surface area contributed by atoms with Crippen molar-refractivity contribution in [2.45, 2.75) is 32.9 Å².